The van der Waals surface area contributed by atoms with Gasteiger partial charge in [0.05, 0.1) is 7.11 Å². The summed E-state index contributed by atoms with van der Waals surface area (Å²) in [5.41, 5.74) is 2.53. The fourth-order valence-electron chi connectivity index (χ4n) is 4.78. The van der Waals surface area contributed by atoms with Gasteiger partial charge in [0.1, 0.15) is 11.6 Å². The second kappa shape index (κ2) is 13.4. The van der Waals surface area contributed by atoms with E-state index in [9.17, 15) is 4.79 Å². The van der Waals surface area contributed by atoms with E-state index < -0.39 is 0 Å². The predicted octanol–water partition coefficient (Wildman–Crippen LogP) is 5.62. The zero-order valence-electron chi connectivity index (χ0n) is 21.6. The van der Waals surface area contributed by atoms with E-state index in [2.05, 4.69) is 57.5 Å². The Kier molecular flexibility index (Phi) is 9.73. The Hall–Kier alpha value is -2.93. The predicted molar refractivity (Wildman–Crippen MR) is 147 cm³/mol. The highest BCUT2D eigenvalue weighted by molar-refractivity contribution is 7.09. The van der Waals surface area contributed by atoms with Crippen molar-refractivity contribution in [3.63, 3.8) is 0 Å². The average molecular weight is 507 g/mol. The summed E-state index contributed by atoms with van der Waals surface area (Å²) in [5.74, 6) is 2.59. The van der Waals surface area contributed by atoms with Gasteiger partial charge in [0.25, 0.3) is 0 Å². The SMILES string of the molecule is CCCCN(CCC(=O)N1CCC(Cc2ccccc2)CC1)c1nc(Cc2cccc(OC)c2)ns1. The largest absolute Gasteiger partial charge is 0.497 e. The molecule has 0 unspecified atom stereocenters. The quantitative estimate of drug-likeness (QED) is 0.319. The van der Waals surface area contributed by atoms with E-state index in [1.54, 1.807) is 7.11 Å². The lowest BCUT2D eigenvalue weighted by Crippen LogP contribution is -2.40. The molecule has 7 heteroatoms. The summed E-state index contributed by atoms with van der Waals surface area (Å²) < 4.78 is 9.94. The average Bonchev–Trinajstić information content (AvgIpc) is 3.38. The molecule has 0 radical (unpaired) electrons. The first-order chi connectivity index (χ1) is 17.6. The van der Waals surface area contributed by atoms with Crippen LogP contribution in [0.2, 0.25) is 0 Å². The number of hydrogen-bond acceptors (Lipinski definition) is 6. The van der Waals surface area contributed by atoms with Crippen molar-refractivity contribution in [3.8, 4) is 5.75 Å². The van der Waals surface area contributed by atoms with Crippen LogP contribution in [0.1, 0.15) is 56.0 Å². The van der Waals surface area contributed by atoms with Gasteiger partial charge in [0.2, 0.25) is 11.0 Å². The summed E-state index contributed by atoms with van der Waals surface area (Å²) in [4.78, 5) is 22.2. The molecule has 0 aliphatic carbocycles. The van der Waals surface area contributed by atoms with E-state index in [0.29, 0.717) is 25.3 Å². The van der Waals surface area contributed by atoms with Crippen molar-refractivity contribution < 1.29 is 9.53 Å². The van der Waals surface area contributed by atoms with Crippen LogP contribution in [0.3, 0.4) is 0 Å². The van der Waals surface area contributed by atoms with Gasteiger partial charge < -0.3 is 14.5 Å². The molecule has 36 heavy (non-hydrogen) atoms. The van der Waals surface area contributed by atoms with Crippen molar-refractivity contribution in [1.82, 2.24) is 14.3 Å². The Morgan fingerprint density at radius 2 is 1.86 bits per heavy atom. The fourth-order valence-corrected chi connectivity index (χ4v) is 5.52. The number of aromatic nitrogens is 2. The molecular formula is C29H38N4O2S. The van der Waals surface area contributed by atoms with Gasteiger partial charge in [-0.3, -0.25) is 4.79 Å². The number of methoxy groups -OCH3 is 1. The van der Waals surface area contributed by atoms with E-state index in [4.69, 9.17) is 9.72 Å². The molecule has 6 nitrogen and oxygen atoms in total. The molecule has 2 aromatic carbocycles. The highest BCUT2D eigenvalue weighted by atomic mass is 32.1. The topological polar surface area (TPSA) is 58.6 Å². The van der Waals surface area contributed by atoms with Crippen LogP contribution < -0.4 is 9.64 Å². The molecule has 0 atom stereocenters. The maximum atomic E-state index is 13.0. The first kappa shape index (κ1) is 26.1. The minimum absolute atomic E-state index is 0.260. The third-order valence-electron chi connectivity index (χ3n) is 6.94. The highest BCUT2D eigenvalue weighted by Crippen LogP contribution is 2.24. The van der Waals surface area contributed by atoms with Gasteiger partial charge >= 0.3 is 0 Å². The summed E-state index contributed by atoms with van der Waals surface area (Å²) in [7, 11) is 1.68. The van der Waals surface area contributed by atoms with Crippen molar-refractivity contribution in [2.24, 2.45) is 5.92 Å². The van der Waals surface area contributed by atoms with Crippen LogP contribution in [0, 0.1) is 5.92 Å². The van der Waals surface area contributed by atoms with Gasteiger partial charge in [0, 0.05) is 50.6 Å². The standard InChI is InChI=1S/C29H38N4O2S/c1-3-4-16-33(29-30-27(31-36-29)22-25-11-8-12-26(21-25)35-2)19-15-28(34)32-17-13-24(14-18-32)20-23-9-6-5-7-10-23/h5-12,21,24H,3-4,13-20,22H2,1-2H3. The molecule has 3 aromatic rings. The van der Waals surface area contributed by atoms with Gasteiger partial charge in [-0.05, 0) is 54.9 Å². The summed E-state index contributed by atoms with van der Waals surface area (Å²) in [6, 6.07) is 18.7. The number of unbranched alkanes of at least 4 members (excludes halogenated alkanes) is 1. The van der Waals surface area contributed by atoms with Crippen LogP contribution in [0.15, 0.2) is 54.6 Å². The molecule has 192 valence electrons. The molecule has 1 fully saturated rings. The molecule has 1 aromatic heterocycles. The normalized spacial score (nSPS) is 14.1. The Morgan fingerprint density at radius 1 is 1.08 bits per heavy atom. The molecule has 0 bridgehead atoms. The number of carbonyl (C=O) groups is 1. The first-order valence-corrected chi connectivity index (χ1v) is 13.9. The zero-order valence-corrected chi connectivity index (χ0v) is 22.4. The molecule has 1 aliphatic rings. The number of piperidine rings is 1. The summed E-state index contributed by atoms with van der Waals surface area (Å²) in [6.45, 7) is 5.52. The van der Waals surface area contributed by atoms with Gasteiger partial charge in [-0.1, -0.05) is 55.8 Å². The monoisotopic (exact) mass is 506 g/mol. The van der Waals surface area contributed by atoms with E-state index >= 15 is 0 Å². The van der Waals surface area contributed by atoms with E-state index in [-0.39, 0.29) is 5.91 Å². The van der Waals surface area contributed by atoms with Crippen molar-refractivity contribution in [1.29, 1.82) is 0 Å². The highest BCUT2D eigenvalue weighted by Gasteiger charge is 2.24. The van der Waals surface area contributed by atoms with Crippen LogP contribution in [-0.2, 0) is 17.6 Å². The van der Waals surface area contributed by atoms with E-state index in [1.165, 1.54) is 17.1 Å². The molecule has 2 heterocycles. The third kappa shape index (κ3) is 7.53. The molecule has 0 saturated carbocycles. The number of likely N-dealkylation sites (tertiary alicyclic amines) is 1. The zero-order chi connectivity index (χ0) is 25.2. The lowest BCUT2D eigenvalue weighted by Gasteiger charge is -2.33. The van der Waals surface area contributed by atoms with Crippen LogP contribution >= 0.6 is 11.5 Å². The molecule has 4 rings (SSSR count). The van der Waals surface area contributed by atoms with Crippen molar-refractivity contribution in [3.05, 3.63) is 71.5 Å². The number of ether oxygens (including phenoxy) is 1. The minimum Gasteiger partial charge on any atom is -0.497 e. The smallest absolute Gasteiger partial charge is 0.224 e. The molecule has 1 saturated heterocycles. The number of benzene rings is 2. The van der Waals surface area contributed by atoms with E-state index in [0.717, 1.165) is 74.0 Å². The molecule has 1 aliphatic heterocycles. The van der Waals surface area contributed by atoms with Crippen molar-refractivity contribution in [2.75, 3.05) is 38.2 Å². The van der Waals surface area contributed by atoms with Gasteiger partial charge in [-0.15, -0.1) is 0 Å². The van der Waals surface area contributed by atoms with Gasteiger partial charge in [-0.2, -0.15) is 4.37 Å². The molecular weight excluding hydrogens is 468 g/mol. The summed E-state index contributed by atoms with van der Waals surface area (Å²) in [5, 5.41) is 0.913. The first-order valence-electron chi connectivity index (χ1n) is 13.2. The molecule has 0 spiro atoms. The lowest BCUT2D eigenvalue weighted by molar-refractivity contribution is -0.132. The molecule has 1 amide bonds. The van der Waals surface area contributed by atoms with Crippen LogP contribution in [0.4, 0.5) is 5.13 Å². The van der Waals surface area contributed by atoms with Crippen LogP contribution in [0.25, 0.3) is 0 Å². The van der Waals surface area contributed by atoms with Crippen LogP contribution in [-0.4, -0.2) is 53.5 Å². The number of nitrogens with zero attached hydrogens (tertiary/aromatic N) is 4. The number of carbonyl (C=O) groups excluding carboxylic acids is 1. The second-order valence-electron chi connectivity index (χ2n) is 9.63. The maximum Gasteiger partial charge on any atom is 0.224 e. The van der Waals surface area contributed by atoms with Crippen LogP contribution in [0.5, 0.6) is 5.75 Å². The maximum absolute atomic E-state index is 13.0. The lowest BCUT2D eigenvalue weighted by atomic mass is 9.90. The fraction of sp³-hybridized carbons (Fsp3) is 0.483. The summed E-state index contributed by atoms with van der Waals surface area (Å²) >= 11 is 1.43. The Bertz CT molecular complexity index is 1080. The van der Waals surface area contributed by atoms with E-state index in [1.807, 2.05) is 18.2 Å². The number of hydrogen-bond donors (Lipinski definition) is 0. The molecule has 0 N–H and O–H groups in total. The van der Waals surface area contributed by atoms with Gasteiger partial charge in [0.15, 0.2) is 0 Å². The Morgan fingerprint density at radius 3 is 2.61 bits per heavy atom. The van der Waals surface area contributed by atoms with Crippen molar-refractivity contribution in [2.45, 2.75) is 51.9 Å². The van der Waals surface area contributed by atoms with Crippen molar-refractivity contribution >= 4 is 22.6 Å². The Labute approximate surface area is 219 Å². The number of anilines is 1. The minimum atomic E-state index is 0.260. The Balaban J connectivity index is 1.28. The number of amides is 1. The summed E-state index contributed by atoms with van der Waals surface area (Å²) in [6.07, 6.45) is 6.67. The second-order valence-corrected chi connectivity index (χ2v) is 10.4. The third-order valence-corrected chi connectivity index (χ3v) is 7.75. The van der Waals surface area contributed by atoms with Gasteiger partial charge in [-0.25, -0.2) is 4.98 Å². The number of rotatable bonds is 12.